The summed E-state index contributed by atoms with van der Waals surface area (Å²) in [4.78, 5) is 13.1. The van der Waals surface area contributed by atoms with E-state index in [0.717, 1.165) is 18.5 Å². The van der Waals surface area contributed by atoms with Gasteiger partial charge in [0.05, 0.1) is 12.2 Å². The van der Waals surface area contributed by atoms with Crippen LogP contribution < -0.4 is 0 Å². The topological polar surface area (TPSA) is 49.8 Å². The molecule has 4 nitrogen and oxygen atoms in total. The van der Waals surface area contributed by atoms with Crippen molar-refractivity contribution in [2.45, 2.75) is 32.9 Å². The zero-order chi connectivity index (χ0) is 15.1. The van der Waals surface area contributed by atoms with Crippen molar-refractivity contribution in [3.05, 3.63) is 35.1 Å². The SMILES string of the molecule is CCC(C)N(CCOC)Cc1ccc(F)c(C(=O)O)c1. The van der Waals surface area contributed by atoms with Crippen molar-refractivity contribution in [2.75, 3.05) is 20.3 Å². The molecule has 0 aliphatic rings. The van der Waals surface area contributed by atoms with Crippen LogP contribution in [0.5, 0.6) is 0 Å². The first kappa shape index (κ1) is 16.6. The molecular formula is C15H22FNO3. The van der Waals surface area contributed by atoms with Gasteiger partial charge in [-0.05, 0) is 31.0 Å². The van der Waals surface area contributed by atoms with Gasteiger partial charge in [-0.2, -0.15) is 0 Å². The van der Waals surface area contributed by atoms with E-state index in [-0.39, 0.29) is 5.56 Å². The van der Waals surface area contributed by atoms with E-state index in [9.17, 15) is 9.18 Å². The van der Waals surface area contributed by atoms with Gasteiger partial charge in [0.2, 0.25) is 0 Å². The summed E-state index contributed by atoms with van der Waals surface area (Å²) in [6.07, 6.45) is 0.983. The largest absolute Gasteiger partial charge is 0.478 e. The van der Waals surface area contributed by atoms with E-state index in [1.807, 2.05) is 0 Å². The fraction of sp³-hybridized carbons (Fsp3) is 0.533. The minimum Gasteiger partial charge on any atom is -0.478 e. The second kappa shape index (κ2) is 7.97. The zero-order valence-electron chi connectivity index (χ0n) is 12.2. The van der Waals surface area contributed by atoms with Crippen LogP contribution in [0.4, 0.5) is 4.39 Å². The molecule has 0 aromatic heterocycles. The Labute approximate surface area is 119 Å². The molecular weight excluding hydrogens is 261 g/mol. The number of hydrogen-bond acceptors (Lipinski definition) is 3. The molecule has 0 saturated heterocycles. The molecule has 1 unspecified atom stereocenters. The third kappa shape index (κ3) is 4.58. The fourth-order valence-electron chi connectivity index (χ4n) is 1.99. The van der Waals surface area contributed by atoms with Crippen LogP contribution in [0.2, 0.25) is 0 Å². The van der Waals surface area contributed by atoms with Gasteiger partial charge in [0.1, 0.15) is 5.82 Å². The third-order valence-electron chi connectivity index (χ3n) is 3.44. The second-order valence-electron chi connectivity index (χ2n) is 4.84. The number of aromatic carboxylic acids is 1. The molecule has 1 rings (SSSR count). The predicted molar refractivity (Wildman–Crippen MR) is 75.4 cm³/mol. The molecule has 0 amide bonds. The number of methoxy groups -OCH3 is 1. The number of carbonyl (C=O) groups is 1. The minimum absolute atomic E-state index is 0.279. The number of carboxylic acids is 1. The van der Waals surface area contributed by atoms with Crippen molar-refractivity contribution >= 4 is 5.97 Å². The molecule has 0 radical (unpaired) electrons. The van der Waals surface area contributed by atoms with E-state index >= 15 is 0 Å². The van der Waals surface area contributed by atoms with Gasteiger partial charge in [-0.1, -0.05) is 13.0 Å². The number of rotatable bonds is 8. The predicted octanol–water partition coefficient (Wildman–Crippen LogP) is 2.77. The lowest BCUT2D eigenvalue weighted by molar-refractivity contribution is 0.0691. The average molecular weight is 283 g/mol. The first-order valence-electron chi connectivity index (χ1n) is 6.74. The molecule has 5 heteroatoms. The maximum Gasteiger partial charge on any atom is 0.338 e. The lowest BCUT2D eigenvalue weighted by atomic mass is 10.1. The highest BCUT2D eigenvalue weighted by molar-refractivity contribution is 5.88. The fourth-order valence-corrected chi connectivity index (χ4v) is 1.99. The Kier molecular flexibility index (Phi) is 6.61. The maximum absolute atomic E-state index is 13.4. The summed E-state index contributed by atoms with van der Waals surface area (Å²) >= 11 is 0. The van der Waals surface area contributed by atoms with E-state index < -0.39 is 11.8 Å². The van der Waals surface area contributed by atoms with E-state index in [2.05, 4.69) is 18.7 Å². The summed E-state index contributed by atoms with van der Waals surface area (Å²) in [5.41, 5.74) is 0.513. The van der Waals surface area contributed by atoms with E-state index in [4.69, 9.17) is 9.84 Å². The molecule has 0 fully saturated rings. The summed E-state index contributed by atoms with van der Waals surface area (Å²) in [6, 6.07) is 4.59. The molecule has 0 aliphatic carbocycles. The normalized spacial score (nSPS) is 12.7. The van der Waals surface area contributed by atoms with Gasteiger partial charge in [-0.25, -0.2) is 9.18 Å². The van der Waals surface area contributed by atoms with E-state index in [0.29, 0.717) is 19.2 Å². The van der Waals surface area contributed by atoms with Crippen LogP contribution in [0, 0.1) is 5.82 Å². The first-order valence-corrected chi connectivity index (χ1v) is 6.74. The van der Waals surface area contributed by atoms with Gasteiger partial charge in [0, 0.05) is 26.2 Å². The van der Waals surface area contributed by atoms with E-state index in [1.165, 1.54) is 12.1 Å². The van der Waals surface area contributed by atoms with Crippen LogP contribution in [-0.4, -0.2) is 42.3 Å². The Morgan fingerprint density at radius 3 is 2.75 bits per heavy atom. The highest BCUT2D eigenvalue weighted by Gasteiger charge is 2.15. The maximum atomic E-state index is 13.4. The zero-order valence-corrected chi connectivity index (χ0v) is 12.2. The van der Waals surface area contributed by atoms with Gasteiger partial charge in [0.15, 0.2) is 0 Å². The van der Waals surface area contributed by atoms with Gasteiger partial charge in [0.25, 0.3) is 0 Å². The highest BCUT2D eigenvalue weighted by Crippen LogP contribution is 2.15. The van der Waals surface area contributed by atoms with Gasteiger partial charge in [-0.15, -0.1) is 0 Å². The van der Waals surface area contributed by atoms with Crippen molar-refractivity contribution in [3.63, 3.8) is 0 Å². The molecule has 1 N–H and O–H groups in total. The third-order valence-corrected chi connectivity index (χ3v) is 3.44. The Morgan fingerprint density at radius 2 is 2.20 bits per heavy atom. The first-order chi connectivity index (χ1) is 9.49. The van der Waals surface area contributed by atoms with Crippen molar-refractivity contribution in [1.29, 1.82) is 0 Å². The lowest BCUT2D eigenvalue weighted by Crippen LogP contribution is -2.34. The molecule has 20 heavy (non-hydrogen) atoms. The summed E-state index contributed by atoms with van der Waals surface area (Å²) in [6.45, 7) is 6.15. The average Bonchev–Trinajstić information content (AvgIpc) is 2.43. The van der Waals surface area contributed by atoms with Crippen LogP contribution in [0.25, 0.3) is 0 Å². The molecule has 1 atom stereocenters. The van der Waals surface area contributed by atoms with Crippen LogP contribution in [-0.2, 0) is 11.3 Å². The summed E-state index contributed by atoms with van der Waals surface area (Å²) in [5.74, 6) is -1.94. The Morgan fingerprint density at radius 1 is 1.50 bits per heavy atom. The Hall–Kier alpha value is -1.46. The quantitative estimate of drug-likeness (QED) is 0.797. The van der Waals surface area contributed by atoms with Crippen LogP contribution in [0.1, 0.15) is 36.2 Å². The molecule has 1 aromatic rings. The number of ether oxygens (including phenoxy) is 1. The summed E-state index contributed by atoms with van der Waals surface area (Å²) in [7, 11) is 1.65. The molecule has 112 valence electrons. The number of halogens is 1. The minimum atomic E-state index is -1.24. The molecule has 0 bridgehead atoms. The molecule has 0 saturated carbocycles. The second-order valence-corrected chi connectivity index (χ2v) is 4.84. The summed E-state index contributed by atoms with van der Waals surface area (Å²) in [5, 5.41) is 8.95. The van der Waals surface area contributed by atoms with Crippen molar-refractivity contribution in [2.24, 2.45) is 0 Å². The van der Waals surface area contributed by atoms with Crippen molar-refractivity contribution < 1.29 is 19.0 Å². The van der Waals surface area contributed by atoms with Crippen LogP contribution >= 0.6 is 0 Å². The Balaban J connectivity index is 2.87. The van der Waals surface area contributed by atoms with Crippen LogP contribution in [0.3, 0.4) is 0 Å². The number of hydrogen-bond donors (Lipinski definition) is 1. The van der Waals surface area contributed by atoms with Gasteiger partial charge in [-0.3, -0.25) is 4.90 Å². The summed E-state index contributed by atoms with van der Waals surface area (Å²) < 4.78 is 18.5. The number of carboxylic acid groups (broad SMARTS) is 1. The molecule has 1 aromatic carbocycles. The molecule has 0 heterocycles. The highest BCUT2D eigenvalue weighted by atomic mass is 19.1. The number of nitrogens with zero attached hydrogens (tertiary/aromatic N) is 1. The number of benzene rings is 1. The van der Waals surface area contributed by atoms with Crippen molar-refractivity contribution in [1.82, 2.24) is 4.90 Å². The smallest absolute Gasteiger partial charge is 0.338 e. The lowest BCUT2D eigenvalue weighted by Gasteiger charge is -2.28. The van der Waals surface area contributed by atoms with Gasteiger partial charge >= 0.3 is 5.97 Å². The van der Waals surface area contributed by atoms with Crippen molar-refractivity contribution in [3.8, 4) is 0 Å². The molecule has 0 aliphatic heterocycles. The van der Waals surface area contributed by atoms with Crippen LogP contribution in [0.15, 0.2) is 18.2 Å². The standard InChI is InChI=1S/C15H22FNO3/c1-4-11(2)17(7-8-20-3)10-12-5-6-14(16)13(9-12)15(18)19/h5-6,9,11H,4,7-8,10H2,1-3H3,(H,18,19). The monoisotopic (exact) mass is 283 g/mol. The Bertz CT molecular complexity index is 451. The molecule has 0 spiro atoms. The van der Waals surface area contributed by atoms with Gasteiger partial charge < -0.3 is 9.84 Å². The van der Waals surface area contributed by atoms with E-state index in [1.54, 1.807) is 13.2 Å².